The van der Waals surface area contributed by atoms with Crippen LogP contribution in [-0.2, 0) is 23.7 Å². The summed E-state index contributed by atoms with van der Waals surface area (Å²) in [6.45, 7) is 3.33. The highest BCUT2D eigenvalue weighted by Crippen LogP contribution is 2.36. The van der Waals surface area contributed by atoms with Crippen molar-refractivity contribution in [1.82, 2.24) is 0 Å². The molecule has 22 heavy (non-hydrogen) atoms. The van der Waals surface area contributed by atoms with Crippen molar-refractivity contribution >= 4 is 12.0 Å². The summed E-state index contributed by atoms with van der Waals surface area (Å²) in [7, 11) is 1.36. The largest absolute Gasteiger partial charge is 0.467 e. The van der Waals surface area contributed by atoms with Crippen molar-refractivity contribution in [2.45, 2.75) is 57.5 Å². The van der Waals surface area contributed by atoms with Crippen LogP contribution in [0.15, 0.2) is 4.99 Å². The average molecular weight is 320 g/mol. The molecule has 0 bridgehead atoms. The number of ether oxygens (including phenoxy) is 4. The van der Waals surface area contributed by atoms with E-state index in [1.807, 2.05) is 6.92 Å². The highest BCUT2D eigenvalue weighted by molar-refractivity contribution is 5.82. The number of amidine groups is 1. The van der Waals surface area contributed by atoms with Gasteiger partial charge in [0.1, 0.15) is 12.2 Å². The van der Waals surface area contributed by atoms with Crippen LogP contribution in [0, 0.1) is 0 Å². The van der Waals surface area contributed by atoms with Gasteiger partial charge < -0.3 is 34.9 Å². The highest BCUT2D eigenvalue weighted by atomic mass is 16.7. The number of hydrogen-bond acceptors (Lipinski definition) is 9. The van der Waals surface area contributed by atoms with Gasteiger partial charge >= 0.3 is 5.97 Å². The van der Waals surface area contributed by atoms with Gasteiger partial charge in [0.15, 0.2) is 17.9 Å². The molecule has 3 heterocycles. The monoisotopic (exact) mass is 320 g/mol. The molecule has 2 saturated heterocycles. The van der Waals surface area contributed by atoms with Crippen LogP contribution in [-0.4, -0.2) is 72.2 Å². The Morgan fingerprint density at radius 3 is 2.50 bits per heavy atom. The van der Waals surface area contributed by atoms with Gasteiger partial charge in [-0.25, -0.2) is 4.79 Å². The molecule has 0 radical (unpaired) electrons. The standard InChI is InChI=1S/C6H10N2O4.C6H10O3.CH4/c7-6-8-5-4(12-6)3(10)2(1-9)11-5;1-4-6(2,9-4)5(7)8-3;/h2-5,9-10H,1H2,(H2,7,8);4H,1-3H3;1H4. The molecule has 0 aliphatic carbocycles. The fourth-order valence-corrected chi connectivity index (χ4v) is 2.15. The number of aliphatic hydroxyl groups excluding tert-OH is 2. The molecule has 3 rings (SSSR count). The number of carbonyl (C=O) groups excluding carboxylic acids is 1. The smallest absolute Gasteiger partial charge is 0.340 e. The molecule has 0 aromatic rings. The Kier molecular flexibility index (Phi) is 5.74. The van der Waals surface area contributed by atoms with E-state index in [1.54, 1.807) is 6.92 Å². The van der Waals surface area contributed by atoms with E-state index in [0.717, 1.165) is 0 Å². The SMILES string of the molecule is C.COC(=O)C1(C)OC1C.NC1=NC2OC(CO)C(O)C2O1. The number of hydrogen-bond donors (Lipinski definition) is 3. The van der Waals surface area contributed by atoms with Crippen LogP contribution < -0.4 is 5.73 Å². The summed E-state index contributed by atoms with van der Waals surface area (Å²) in [4.78, 5) is 14.5. The lowest BCUT2D eigenvalue weighted by molar-refractivity contribution is -0.146. The third kappa shape index (κ3) is 3.32. The number of epoxide rings is 1. The Morgan fingerprint density at radius 2 is 2.14 bits per heavy atom. The predicted molar refractivity (Wildman–Crippen MR) is 75.9 cm³/mol. The summed E-state index contributed by atoms with van der Waals surface area (Å²) in [6.07, 6.45) is -2.56. The number of aliphatic imine (C=N–C) groups is 1. The van der Waals surface area contributed by atoms with E-state index in [2.05, 4.69) is 9.73 Å². The number of nitrogens with two attached hydrogens (primary N) is 1. The van der Waals surface area contributed by atoms with Crippen molar-refractivity contribution in [1.29, 1.82) is 0 Å². The van der Waals surface area contributed by atoms with Crippen molar-refractivity contribution in [2.75, 3.05) is 13.7 Å². The van der Waals surface area contributed by atoms with E-state index in [1.165, 1.54) is 7.11 Å². The second kappa shape index (κ2) is 6.78. The fourth-order valence-electron chi connectivity index (χ4n) is 2.15. The number of carbonyl (C=O) groups is 1. The Labute approximate surface area is 129 Å². The van der Waals surface area contributed by atoms with Crippen molar-refractivity contribution in [2.24, 2.45) is 10.7 Å². The zero-order valence-corrected chi connectivity index (χ0v) is 12.1. The second-order valence-corrected chi connectivity index (χ2v) is 5.15. The van der Waals surface area contributed by atoms with E-state index in [4.69, 9.17) is 25.1 Å². The minimum atomic E-state index is -0.857. The maximum absolute atomic E-state index is 10.8. The molecular weight excluding hydrogens is 296 g/mol. The normalized spacial score (nSPS) is 41.1. The number of methoxy groups -OCH3 is 1. The van der Waals surface area contributed by atoms with Crippen LogP contribution in [0.2, 0.25) is 0 Å². The second-order valence-electron chi connectivity index (χ2n) is 5.15. The van der Waals surface area contributed by atoms with Crippen LogP contribution in [0.4, 0.5) is 0 Å². The van der Waals surface area contributed by atoms with Gasteiger partial charge in [0.2, 0.25) is 0 Å². The third-order valence-electron chi connectivity index (χ3n) is 3.73. The van der Waals surface area contributed by atoms with Crippen LogP contribution in [0.25, 0.3) is 0 Å². The van der Waals surface area contributed by atoms with Gasteiger partial charge in [-0.2, -0.15) is 4.99 Å². The number of rotatable bonds is 2. The number of fused-ring (bicyclic) bond motifs is 1. The van der Waals surface area contributed by atoms with Gasteiger partial charge in [0.25, 0.3) is 6.02 Å². The first-order valence-electron chi connectivity index (χ1n) is 6.54. The lowest BCUT2D eigenvalue weighted by atomic mass is 10.1. The Hall–Kier alpha value is -1.42. The van der Waals surface area contributed by atoms with Crippen LogP contribution in [0.5, 0.6) is 0 Å². The van der Waals surface area contributed by atoms with Crippen molar-refractivity contribution in [3.05, 3.63) is 0 Å². The number of esters is 1. The molecule has 2 fully saturated rings. The molecule has 9 nitrogen and oxygen atoms in total. The molecule has 6 atom stereocenters. The van der Waals surface area contributed by atoms with Gasteiger partial charge in [-0.05, 0) is 13.8 Å². The van der Waals surface area contributed by atoms with E-state index in [0.29, 0.717) is 0 Å². The molecule has 0 saturated carbocycles. The molecule has 3 aliphatic rings. The third-order valence-corrected chi connectivity index (χ3v) is 3.73. The summed E-state index contributed by atoms with van der Waals surface area (Å²) in [6, 6.07) is 0.0282. The Morgan fingerprint density at radius 1 is 1.55 bits per heavy atom. The molecule has 6 unspecified atom stereocenters. The van der Waals surface area contributed by atoms with Crippen LogP contribution in [0.1, 0.15) is 21.3 Å². The van der Waals surface area contributed by atoms with Gasteiger partial charge in [-0.1, -0.05) is 7.43 Å². The van der Waals surface area contributed by atoms with Gasteiger partial charge in [0, 0.05) is 0 Å². The van der Waals surface area contributed by atoms with Crippen molar-refractivity contribution in [3.8, 4) is 0 Å². The fraction of sp³-hybridized carbons (Fsp3) is 0.846. The van der Waals surface area contributed by atoms with E-state index < -0.39 is 30.1 Å². The average Bonchev–Trinajstić information content (AvgIpc) is 2.79. The minimum Gasteiger partial charge on any atom is -0.467 e. The van der Waals surface area contributed by atoms with E-state index >= 15 is 0 Å². The van der Waals surface area contributed by atoms with Crippen molar-refractivity contribution in [3.63, 3.8) is 0 Å². The van der Waals surface area contributed by atoms with Crippen LogP contribution in [0.3, 0.4) is 0 Å². The summed E-state index contributed by atoms with van der Waals surface area (Å²) in [5.74, 6) is -0.282. The molecule has 0 amide bonds. The molecule has 9 heteroatoms. The van der Waals surface area contributed by atoms with Crippen LogP contribution >= 0.6 is 0 Å². The summed E-state index contributed by atoms with van der Waals surface area (Å²) < 4.78 is 19.6. The van der Waals surface area contributed by atoms with Gasteiger partial charge in [0.05, 0.1) is 19.8 Å². The zero-order chi connectivity index (χ0) is 15.8. The quantitative estimate of drug-likeness (QED) is 0.424. The lowest BCUT2D eigenvalue weighted by Gasteiger charge is -2.13. The predicted octanol–water partition coefficient (Wildman–Crippen LogP) is -1.25. The topological polar surface area (TPSA) is 136 Å². The van der Waals surface area contributed by atoms with Gasteiger partial charge in [-0.15, -0.1) is 0 Å². The molecule has 0 aromatic heterocycles. The number of nitrogens with zero attached hydrogens (tertiary/aromatic N) is 1. The summed E-state index contributed by atoms with van der Waals surface area (Å²) in [5, 5.41) is 18.2. The maximum atomic E-state index is 10.8. The van der Waals surface area contributed by atoms with Gasteiger partial charge in [-0.3, -0.25) is 0 Å². The molecule has 3 aliphatic heterocycles. The molecule has 0 spiro atoms. The minimum absolute atomic E-state index is 0. The number of aliphatic hydroxyl groups is 2. The molecular formula is C13H24N2O7. The summed E-state index contributed by atoms with van der Waals surface area (Å²) in [5.41, 5.74) is 4.60. The summed E-state index contributed by atoms with van der Waals surface area (Å²) >= 11 is 0. The highest BCUT2D eigenvalue weighted by Gasteiger charge is 2.56. The maximum Gasteiger partial charge on any atom is 0.340 e. The Bertz CT molecular complexity index is 444. The lowest BCUT2D eigenvalue weighted by Crippen LogP contribution is -2.35. The molecule has 4 N–H and O–H groups in total. The first-order chi connectivity index (χ1) is 9.83. The first-order valence-corrected chi connectivity index (χ1v) is 6.54. The van der Waals surface area contributed by atoms with E-state index in [9.17, 15) is 9.90 Å². The zero-order valence-electron chi connectivity index (χ0n) is 12.1. The molecule has 128 valence electrons. The van der Waals surface area contributed by atoms with E-state index in [-0.39, 0.29) is 32.1 Å². The Balaban J connectivity index is 0.000000219. The molecule has 0 aromatic carbocycles. The van der Waals surface area contributed by atoms with Crippen molar-refractivity contribution < 1.29 is 34.0 Å². The first kappa shape index (κ1) is 18.6.